The lowest BCUT2D eigenvalue weighted by atomic mass is 10.1. The van der Waals surface area contributed by atoms with Gasteiger partial charge in [0.2, 0.25) is 5.95 Å². The van der Waals surface area contributed by atoms with Gasteiger partial charge in [-0.1, -0.05) is 26.7 Å². The van der Waals surface area contributed by atoms with E-state index < -0.39 is 0 Å². The van der Waals surface area contributed by atoms with E-state index in [1.54, 1.807) is 0 Å². The van der Waals surface area contributed by atoms with Gasteiger partial charge < -0.3 is 10.2 Å². The molecule has 0 aromatic carbocycles. The molecule has 0 unspecified atom stereocenters. The Balaban J connectivity index is 2.14. The van der Waals surface area contributed by atoms with Gasteiger partial charge >= 0.3 is 0 Å². The molecule has 0 spiro atoms. The summed E-state index contributed by atoms with van der Waals surface area (Å²) in [6.45, 7) is 5.67. The zero-order chi connectivity index (χ0) is 13.7. The first-order chi connectivity index (χ1) is 9.20. The van der Waals surface area contributed by atoms with Crippen LogP contribution in [-0.2, 0) is 0 Å². The molecule has 106 valence electrons. The van der Waals surface area contributed by atoms with Gasteiger partial charge in [-0.05, 0) is 31.2 Å². The topological polar surface area (TPSA) is 41.1 Å². The number of aromatic nitrogens is 2. The van der Waals surface area contributed by atoms with Gasteiger partial charge in [0.1, 0.15) is 5.82 Å². The lowest BCUT2D eigenvalue weighted by Crippen LogP contribution is -2.35. The lowest BCUT2D eigenvalue weighted by Gasteiger charge is -2.30. The molecule has 0 bridgehead atoms. The maximum Gasteiger partial charge on any atom is 0.224 e. The van der Waals surface area contributed by atoms with E-state index in [1.807, 2.05) is 19.3 Å². The first-order valence-corrected chi connectivity index (χ1v) is 7.48. The van der Waals surface area contributed by atoms with Crippen LogP contribution in [0.1, 0.15) is 46.0 Å². The predicted octanol–water partition coefficient (Wildman–Crippen LogP) is 3.31. The quantitative estimate of drug-likeness (QED) is 0.854. The Morgan fingerprint density at radius 1 is 1.37 bits per heavy atom. The highest BCUT2D eigenvalue weighted by Gasteiger charge is 2.23. The number of hydrogen-bond donors (Lipinski definition) is 1. The van der Waals surface area contributed by atoms with E-state index in [4.69, 9.17) is 0 Å². The van der Waals surface area contributed by atoms with Crippen LogP contribution in [0.2, 0.25) is 0 Å². The van der Waals surface area contributed by atoms with E-state index in [9.17, 15) is 0 Å². The van der Waals surface area contributed by atoms with Crippen molar-refractivity contribution < 1.29 is 0 Å². The van der Waals surface area contributed by atoms with Crippen molar-refractivity contribution in [1.29, 1.82) is 0 Å². The largest absolute Gasteiger partial charge is 0.357 e. The molecule has 1 aliphatic carbocycles. The summed E-state index contributed by atoms with van der Waals surface area (Å²) in [5.74, 6) is 2.52. The monoisotopic (exact) mass is 262 g/mol. The van der Waals surface area contributed by atoms with E-state index in [1.165, 1.54) is 32.1 Å². The first-order valence-electron chi connectivity index (χ1n) is 7.48. The smallest absolute Gasteiger partial charge is 0.224 e. The highest BCUT2D eigenvalue weighted by Crippen LogP contribution is 2.28. The predicted molar refractivity (Wildman–Crippen MR) is 80.6 cm³/mol. The number of anilines is 2. The Labute approximate surface area is 116 Å². The van der Waals surface area contributed by atoms with Crippen molar-refractivity contribution in [3.8, 4) is 0 Å². The van der Waals surface area contributed by atoms with Gasteiger partial charge in [-0.2, -0.15) is 4.98 Å². The van der Waals surface area contributed by atoms with Crippen LogP contribution < -0.4 is 10.2 Å². The summed E-state index contributed by atoms with van der Waals surface area (Å²) in [6, 6.07) is 2.71. The van der Waals surface area contributed by atoms with Crippen molar-refractivity contribution in [2.75, 3.05) is 23.8 Å². The molecule has 1 aliphatic rings. The number of nitrogens with one attached hydrogen (secondary N) is 1. The fraction of sp³-hybridized carbons (Fsp3) is 0.733. The second kappa shape index (κ2) is 6.73. The summed E-state index contributed by atoms with van der Waals surface area (Å²) in [4.78, 5) is 11.3. The summed E-state index contributed by atoms with van der Waals surface area (Å²) in [6.07, 6.45) is 8.38. The van der Waals surface area contributed by atoms with Crippen molar-refractivity contribution in [3.63, 3.8) is 0 Å². The van der Waals surface area contributed by atoms with Crippen LogP contribution in [0, 0.1) is 5.92 Å². The van der Waals surface area contributed by atoms with Crippen LogP contribution in [0.15, 0.2) is 12.3 Å². The number of rotatable bonds is 6. The Bertz CT molecular complexity index is 385. The SMILES string of the molecule is CNc1nccc(N(CCC(C)C)C2CCCC2)n1. The van der Waals surface area contributed by atoms with Crippen molar-refractivity contribution >= 4 is 11.8 Å². The van der Waals surface area contributed by atoms with Crippen LogP contribution in [0.4, 0.5) is 11.8 Å². The second-order valence-electron chi connectivity index (χ2n) is 5.80. The van der Waals surface area contributed by atoms with Gasteiger partial charge in [0.05, 0.1) is 0 Å². The molecule has 4 heteroatoms. The Morgan fingerprint density at radius 3 is 2.74 bits per heavy atom. The molecule has 1 saturated carbocycles. The molecule has 1 heterocycles. The summed E-state index contributed by atoms with van der Waals surface area (Å²) >= 11 is 0. The molecule has 4 nitrogen and oxygen atoms in total. The molecular formula is C15H26N4. The van der Waals surface area contributed by atoms with E-state index in [0.29, 0.717) is 12.0 Å². The van der Waals surface area contributed by atoms with Gasteiger partial charge in [-0.25, -0.2) is 4.98 Å². The first kappa shape index (κ1) is 14.1. The third-order valence-corrected chi connectivity index (χ3v) is 3.87. The van der Waals surface area contributed by atoms with Crippen molar-refractivity contribution in [2.24, 2.45) is 5.92 Å². The molecule has 0 atom stereocenters. The molecule has 1 fully saturated rings. The van der Waals surface area contributed by atoms with Gasteiger partial charge in [-0.3, -0.25) is 0 Å². The van der Waals surface area contributed by atoms with E-state index in [2.05, 4.69) is 34.0 Å². The Hall–Kier alpha value is -1.32. The Morgan fingerprint density at radius 2 is 2.11 bits per heavy atom. The standard InChI is InChI=1S/C15H26N4/c1-12(2)9-11-19(13-6-4-5-7-13)14-8-10-17-15(16-3)18-14/h8,10,12-13H,4-7,9,11H2,1-3H3,(H,16,17,18). The molecule has 0 saturated heterocycles. The Kier molecular flexibility index (Phi) is 5.00. The maximum absolute atomic E-state index is 4.62. The summed E-state index contributed by atoms with van der Waals surface area (Å²) in [5, 5.41) is 3.03. The van der Waals surface area contributed by atoms with E-state index in [-0.39, 0.29) is 0 Å². The molecule has 0 amide bonds. The minimum atomic E-state index is 0.665. The van der Waals surface area contributed by atoms with E-state index >= 15 is 0 Å². The summed E-state index contributed by atoms with van der Waals surface area (Å²) in [5.41, 5.74) is 0. The van der Waals surface area contributed by atoms with E-state index in [0.717, 1.165) is 18.3 Å². The molecule has 1 aromatic rings. The third kappa shape index (κ3) is 3.82. The van der Waals surface area contributed by atoms with Gasteiger partial charge in [0, 0.05) is 25.8 Å². The van der Waals surface area contributed by atoms with Gasteiger partial charge in [0.15, 0.2) is 0 Å². The van der Waals surface area contributed by atoms with Crippen molar-refractivity contribution in [1.82, 2.24) is 9.97 Å². The van der Waals surface area contributed by atoms with Crippen molar-refractivity contribution in [2.45, 2.75) is 52.0 Å². The maximum atomic E-state index is 4.62. The molecule has 2 rings (SSSR count). The fourth-order valence-electron chi connectivity index (χ4n) is 2.73. The molecule has 0 radical (unpaired) electrons. The molecule has 1 N–H and O–H groups in total. The molecule has 0 aliphatic heterocycles. The van der Waals surface area contributed by atoms with Gasteiger partial charge in [-0.15, -0.1) is 0 Å². The zero-order valence-electron chi connectivity index (χ0n) is 12.4. The summed E-state index contributed by atoms with van der Waals surface area (Å²) < 4.78 is 0. The van der Waals surface area contributed by atoms with Crippen molar-refractivity contribution in [3.05, 3.63) is 12.3 Å². The lowest BCUT2D eigenvalue weighted by molar-refractivity contribution is 0.525. The number of hydrogen-bond acceptors (Lipinski definition) is 4. The average Bonchev–Trinajstić information content (AvgIpc) is 2.93. The average molecular weight is 262 g/mol. The van der Waals surface area contributed by atoms with Crippen LogP contribution in [0.3, 0.4) is 0 Å². The molecular weight excluding hydrogens is 236 g/mol. The normalized spacial score (nSPS) is 16.0. The highest BCUT2D eigenvalue weighted by molar-refractivity contribution is 5.43. The highest BCUT2D eigenvalue weighted by atomic mass is 15.2. The van der Waals surface area contributed by atoms with Crippen LogP contribution >= 0.6 is 0 Å². The third-order valence-electron chi connectivity index (χ3n) is 3.87. The minimum absolute atomic E-state index is 0.665. The minimum Gasteiger partial charge on any atom is -0.357 e. The zero-order valence-corrected chi connectivity index (χ0v) is 12.4. The summed E-state index contributed by atoms with van der Waals surface area (Å²) in [7, 11) is 1.87. The van der Waals surface area contributed by atoms with Crippen LogP contribution in [-0.4, -0.2) is 29.6 Å². The second-order valence-corrected chi connectivity index (χ2v) is 5.80. The molecule has 19 heavy (non-hydrogen) atoms. The number of nitrogens with zero attached hydrogens (tertiary/aromatic N) is 3. The van der Waals surface area contributed by atoms with Crippen LogP contribution in [0.25, 0.3) is 0 Å². The fourth-order valence-corrected chi connectivity index (χ4v) is 2.73. The molecule has 1 aromatic heterocycles. The van der Waals surface area contributed by atoms with Crippen LogP contribution in [0.5, 0.6) is 0 Å². The van der Waals surface area contributed by atoms with Gasteiger partial charge in [0.25, 0.3) is 0 Å².